The third kappa shape index (κ3) is 3.75. The highest BCUT2D eigenvalue weighted by molar-refractivity contribution is 5.83. The molecule has 0 heterocycles. The molecular weight excluding hydrogens is 218 g/mol. The van der Waals surface area contributed by atoms with Crippen molar-refractivity contribution in [2.75, 3.05) is 6.54 Å². The molecule has 0 spiro atoms. The predicted molar refractivity (Wildman–Crippen MR) is 65.6 cm³/mol. The molecule has 1 aromatic carbocycles. The molecule has 0 radical (unpaired) electrons. The van der Waals surface area contributed by atoms with Gasteiger partial charge < -0.3 is 15.2 Å². The zero-order valence-electron chi connectivity index (χ0n) is 10.3. The lowest BCUT2D eigenvalue weighted by atomic mass is 10.2. The third-order valence-electron chi connectivity index (χ3n) is 2.40. The van der Waals surface area contributed by atoms with Gasteiger partial charge in [0.05, 0.1) is 0 Å². The van der Waals surface area contributed by atoms with Gasteiger partial charge >= 0.3 is 0 Å². The maximum Gasteiger partial charge on any atom is 0.292 e. The third-order valence-corrected chi connectivity index (χ3v) is 2.40. The van der Waals surface area contributed by atoms with E-state index in [0.717, 1.165) is 6.42 Å². The number of para-hydroxylation sites is 1. The molecular formula is C13H19NO3. The van der Waals surface area contributed by atoms with Crippen LogP contribution in [0.25, 0.3) is 0 Å². The number of aliphatic hydroxyl groups is 1. The molecule has 17 heavy (non-hydrogen) atoms. The Labute approximate surface area is 102 Å². The Hall–Kier alpha value is -1.55. The van der Waals surface area contributed by atoms with E-state index in [1.807, 2.05) is 13.0 Å². The molecule has 0 aliphatic heterocycles. The van der Waals surface area contributed by atoms with E-state index in [0.29, 0.717) is 12.3 Å². The van der Waals surface area contributed by atoms with Crippen molar-refractivity contribution in [1.29, 1.82) is 0 Å². The van der Waals surface area contributed by atoms with E-state index in [1.54, 1.807) is 31.2 Å². The van der Waals surface area contributed by atoms with Crippen LogP contribution in [0.5, 0.6) is 5.75 Å². The summed E-state index contributed by atoms with van der Waals surface area (Å²) >= 11 is 0. The molecule has 1 rings (SSSR count). The number of hydrogen-bond donors (Lipinski definition) is 2. The lowest BCUT2D eigenvalue weighted by Gasteiger charge is -2.26. The van der Waals surface area contributed by atoms with Gasteiger partial charge in [0.25, 0.3) is 11.7 Å². The second-order valence-corrected chi connectivity index (χ2v) is 3.81. The molecule has 4 heteroatoms. The first kappa shape index (κ1) is 13.5. The van der Waals surface area contributed by atoms with Crippen molar-refractivity contribution >= 4 is 5.91 Å². The van der Waals surface area contributed by atoms with Gasteiger partial charge in [0.2, 0.25) is 0 Å². The van der Waals surface area contributed by atoms with Gasteiger partial charge in [-0.25, -0.2) is 0 Å². The van der Waals surface area contributed by atoms with Gasteiger partial charge in [0.1, 0.15) is 5.75 Å². The highest BCUT2D eigenvalue weighted by Gasteiger charge is 2.36. The molecule has 1 aromatic rings. The van der Waals surface area contributed by atoms with Crippen LogP contribution in [-0.2, 0) is 4.79 Å². The number of rotatable bonds is 6. The smallest absolute Gasteiger partial charge is 0.292 e. The van der Waals surface area contributed by atoms with E-state index >= 15 is 0 Å². The number of nitrogens with one attached hydrogen (secondary N) is 1. The molecule has 0 bridgehead atoms. The van der Waals surface area contributed by atoms with Crippen molar-refractivity contribution in [3.05, 3.63) is 30.3 Å². The molecule has 94 valence electrons. The van der Waals surface area contributed by atoms with Crippen molar-refractivity contribution in [3.63, 3.8) is 0 Å². The second kappa shape index (κ2) is 6.25. The Balaban J connectivity index is 2.71. The van der Waals surface area contributed by atoms with Gasteiger partial charge in [-0.2, -0.15) is 0 Å². The van der Waals surface area contributed by atoms with Crippen LogP contribution in [0.3, 0.4) is 0 Å². The molecule has 0 aliphatic carbocycles. The second-order valence-electron chi connectivity index (χ2n) is 3.81. The van der Waals surface area contributed by atoms with E-state index in [2.05, 4.69) is 5.32 Å². The van der Waals surface area contributed by atoms with Crippen molar-refractivity contribution in [3.8, 4) is 5.75 Å². The summed E-state index contributed by atoms with van der Waals surface area (Å²) in [6, 6.07) is 8.82. The predicted octanol–water partition coefficient (Wildman–Crippen LogP) is 1.69. The molecule has 4 nitrogen and oxygen atoms in total. The van der Waals surface area contributed by atoms with Gasteiger partial charge in [-0.1, -0.05) is 32.0 Å². The zero-order valence-corrected chi connectivity index (χ0v) is 10.3. The monoisotopic (exact) mass is 237 g/mol. The van der Waals surface area contributed by atoms with Crippen molar-refractivity contribution in [2.24, 2.45) is 0 Å². The van der Waals surface area contributed by atoms with Gasteiger partial charge in [0, 0.05) is 13.0 Å². The van der Waals surface area contributed by atoms with Crippen LogP contribution in [0.2, 0.25) is 0 Å². The molecule has 0 fully saturated rings. The number of ether oxygens (including phenoxy) is 1. The van der Waals surface area contributed by atoms with Crippen LogP contribution < -0.4 is 10.1 Å². The largest absolute Gasteiger partial charge is 0.453 e. The van der Waals surface area contributed by atoms with Crippen LogP contribution in [0.15, 0.2) is 30.3 Å². The molecule has 0 aliphatic rings. The molecule has 2 N–H and O–H groups in total. The topological polar surface area (TPSA) is 58.6 Å². The Morgan fingerprint density at radius 1 is 1.35 bits per heavy atom. The molecule has 0 saturated heterocycles. The molecule has 0 aromatic heterocycles. The van der Waals surface area contributed by atoms with E-state index in [-0.39, 0.29) is 6.42 Å². The highest BCUT2D eigenvalue weighted by atomic mass is 16.6. The SMILES string of the molecule is CCCNC(=O)C(O)(CC)Oc1ccccc1. The summed E-state index contributed by atoms with van der Waals surface area (Å²) in [5, 5.41) is 12.8. The minimum absolute atomic E-state index is 0.192. The molecule has 1 atom stereocenters. The Morgan fingerprint density at radius 2 is 2.00 bits per heavy atom. The maximum absolute atomic E-state index is 11.8. The van der Waals surface area contributed by atoms with E-state index in [9.17, 15) is 9.90 Å². The summed E-state index contributed by atoms with van der Waals surface area (Å²) in [5.41, 5.74) is 0. The van der Waals surface area contributed by atoms with Crippen LogP contribution in [0.1, 0.15) is 26.7 Å². The van der Waals surface area contributed by atoms with Crippen molar-refractivity contribution in [2.45, 2.75) is 32.5 Å². The average Bonchev–Trinajstić information content (AvgIpc) is 2.36. The van der Waals surface area contributed by atoms with Crippen LogP contribution >= 0.6 is 0 Å². The lowest BCUT2D eigenvalue weighted by molar-refractivity contribution is -0.176. The average molecular weight is 237 g/mol. The van der Waals surface area contributed by atoms with Crippen molar-refractivity contribution in [1.82, 2.24) is 5.32 Å². The summed E-state index contributed by atoms with van der Waals surface area (Å²) in [4.78, 5) is 11.8. The Kier molecular flexibility index (Phi) is 4.97. The van der Waals surface area contributed by atoms with Crippen molar-refractivity contribution < 1.29 is 14.6 Å². The van der Waals surface area contributed by atoms with Gasteiger partial charge in [-0.05, 0) is 18.6 Å². The quantitative estimate of drug-likeness (QED) is 0.740. The number of amides is 1. The fourth-order valence-electron chi connectivity index (χ4n) is 1.34. The summed E-state index contributed by atoms with van der Waals surface area (Å²) in [6.07, 6.45) is 1.01. The van der Waals surface area contributed by atoms with E-state index in [4.69, 9.17) is 4.74 Å². The number of carbonyl (C=O) groups is 1. The van der Waals surface area contributed by atoms with Gasteiger partial charge in [0.15, 0.2) is 0 Å². The highest BCUT2D eigenvalue weighted by Crippen LogP contribution is 2.19. The summed E-state index contributed by atoms with van der Waals surface area (Å²) in [5.74, 6) is -1.81. The standard InChI is InChI=1S/C13H19NO3/c1-3-10-14-12(15)13(16,4-2)17-11-8-6-5-7-9-11/h5-9,16H,3-4,10H2,1-2H3,(H,14,15). The van der Waals surface area contributed by atoms with E-state index < -0.39 is 11.7 Å². The number of carbonyl (C=O) groups excluding carboxylic acids is 1. The van der Waals surface area contributed by atoms with Crippen LogP contribution in [-0.4, -0.2) is 23.3 Å². The Morgan fingerprint density at radius 3 is 2.53 bits per heavy atom. The minimum atomic E-state index is -1.80. The van der Waals surface area contributed by atoms with Gasteiger partial charge in [-0.15, -0.1) is 0 Å². The van der Waals surface area contributed by atoms with Crippen LogP contribution in [0.4, 0.5) is 0 Å². The first-order valence-electron chi connectivity index (χ1n) is 5.87. The fourth-order valence-corrected chi connectivity index (χ4v) is 1.34. The van der Waals surface area contributed by atoms with Crippen LogP contribution in [0, 0.1) is 0 Å². The first-order chi connectivity index (χ1) is 8.12. The Bertz CT molecular complexity index is 353. The normalized spacial score (nSPS) is 13.8. The molecule has 0 saturated carbocycles. The van der Waals surface area contributed by atoms with E-state index in [1.165, 1.54) is 0 Å². The molecule has 1 unspecified atom stereocenters. The molecule has 1 amide bonds. The van der Waals surface area contributed by atoms with Gasteiger partial charge in [-0.3, -0.25) is 4.79 Å². The summed E-state index contributed by atoms with van der Waals surface area (Å²) in [6.45, 7) is 4.18. The first-order valence-corrected chi connectivity index (χ1v) is 5.87. The summed E-state index contributed by atoms with van der Waals surface area (Å²) in [7, 11) is 0. The fraction of sp³-hybridized carbons (Fsp3) is 0.462. The summed E-state index contributed by atoms with van der Waals surface area (Å²) < 4.78 is 5.35. The lowest BCUT2D eigenvalue weighted by Crippen LogP contribution is -2.51. The number of hydrogen-bond acceptors (Lipinski definition) is 3. The minimum Gasteiger partial charge on any atom is -0.453 e. The maximum atomic E-state index is 11.8. The number of benzene rings is 1. The zero-order chi connectivity index (χ0) is 12.7.